The zero-order valence-electron chi connectivity index (χ0n) is 8.37. The van der Waals surface area contributed by atoms with E-state index in [-0.39, 0.29) is 11.7 Å². The summed E-state index contributed by atoms with van der Waals surface area (Å²) < 4.78 is 13.4. The van der Waals surface area contributed by atoms with Crippen LogP contribution in [0, 0.1) is 5.82 Å². The monoisotopic (exact) mass is 208 g/mol. The Labute approximate surface area is 87.7 Å². The molecular weight excluding hydrogens is 195 g/mol. The Morgan fingerprint density at radius 2 is 2.27 bits per heavy atom. The summed E-state index contributed by atoms with van der Waals surface area (Å²) in [7, 11) is 0. The first kappa shape index (κ1) is 9.96. The molecular formula is C11H13FN2O. The lowest BCUT2D eigenvalue weighted by Gasteiger charge is -2.15. The van der Waals surface area contributed by atoms with Crippen molar-refractivity contribution in [1.82, 2.24) is 4.90 Å². The van der Waals surface area contributed by atoms with Crippen molar-refractivity contribution in [2.24, 2.45) is 0 Å². The number of benzene rings is 1. The highest BCUT2D eigenvalue weighted by Crippen LogP contribution is 2.17. The first-order valence-corrected chi connectivity index (χ1v) is 4.98. The third-order valence-electron chi connectivity index (χ3n) is 2.61. The number of nitrogen functional groups attached to an aromatic ring is 1. The predicted octanol–water partition coefficient (Wildman–Crippen LogP) is 1.53. The van der Waals surface area contributed by atoms with Gasteiger partial charge >= 0.3 is 0 Å². The van der Waals surface area contributed by atoms with E-state index in [2.05, 4.69) is 0 Å². The summed E-state index contributed by atoms with van der Waals surface area (Å²) in [6.45, 7) is 1.08. The third kappa shape index (κ3) is 2.09. The van der Waals surface area contributed by atoms with Crippen LogP contribution in [0.15, 0.2) is 18.2 Å². The minimum absolute atomic E-state index is 0.103. The molecule has 1 amide bonds. The van der Waals surface area contributed by atoms with E-state index >= 15 is 0 Å². The Hall–Kier alpha value is -1.58. The zero-order chi connectivity index (χ0) is 10.8. The number of nitrogens with zero attached hydrogens (tertiary/aromatic N) is 1. The number of halogens is 1. The first-order valence-electron chi connectivity index (χ1n) is 4.98. The standard InChI is InChI=1S/C11H13FN2O/c12-10-6-9(13)4-3-8(10)7-14-5-1-2-11(14)15/h3-4,6H,1-2,5,7,13H2. The average Bonchev–Trinajstić information content (AvgIpc) is 2.57. The second-order valence-corrected chi connectivity index (χ2v) is 3.77. The molecule has 1 aliphatic heterocycles. The zero-order valence-corrected chi connectivity index (χ0v) is 8.37. The normalized spacial score (nSPS) is 16.1. The molecule has 1 fully saturated rings. The summed E-state index contributed by atoms with van der Waals surface area (Å²) in [5, 5.41) is 0. The van der Waals surface area contributed by atoms with Crippen molar-refractivity contribution in [3.8, 4) is 0 Å². The van der Waals surface area contributed by atoms with Crippen LogP contribution < -0.4 is 5.73 Å². The van der Waals surface area contributed by atoms with Crippen molar-refractivity contribution in [3.05, 3.63) is 29.6 Å². The van der Waals surface area contributed by atoms with Gasteiger partial charge in [0.15, 0.2) is 0 Å². The average molecular weight is 208 g/mol. The van der Waals surface area contributed by atoms with E-state index in [0.717, 1.165) is 13.0 Å². The van der Waals surface area contributed by atoms with Gasteiger partial charge in [-0.3, -0.25) is 4.79 Å². The van der Waals surface area contributed by atoms with Crippen LogP contribution in [0.5, 0.6) is 0 Å². The van der Waals surface area contributed by atoms with E-state index in [4.69, 9.17) is 5.73 Å². The van der Waals surface area contributed by atoms with Crippen LogP contribution in [-0.2, 0) is 11.3 Å². The van der Waals surface area contributed by atoms with E-state index in [9.17, 15) is 9.18 Å². The molecule has 1 aromatic carbocycles. The number of rotatable bonds is 2. The molecule has 1 saturated heterocycles. The topological polar surface area (TPSA) is 46.3 Å². The van der Waals surface area contributed by atoms with Crippen LogP contribution in [-0.4, -0.2) is 17.4 Å². The van der Waals surface area contributed by atoms with Gasteiger partial charge in [0.05, 0.1) is 0 Å². The van der Waals surface area contributed by atoms with Gasteiger partial charge in [0.2, 0.25) is 5.91 Å². The molecule has 0 spiro atoms. The largest absolute Gasteiger partial charge is 0.399 e. The second kappa shape index (κ2) is 3.88. The van der Waals surface area contributed by atoms with Gasteiger partial charge in [-0.25, -0.2) is 4.39 Å². The molecule has 1 aliphatic rings. The van der Waals surface area contributed by atoms with Crippen LogP contribution in [0.3, 0.4) is 0 Å². The molecule has 15 heavy (non-hydrogen) atoms. The van der Waals surface area contributed by atoms with Crippen molar-refractivity contribution >= 4 is 11.6 Å². The van der Waals surface area contributed by atoms with Crippen LogP contribution in [0.1, 0.15) is 18.4 Å². The summed E-state index contributed by atoms with van der Waals surface area (Å²) in [4.78, 5) is 13.0. The molecule has 1 heterocycles. The molecule has 0 unspecified atom stereocenters. The predicted molar refractivity (Wildman–Crippen MR) is 55.5 cm³/mol. The maximum absolute atomic E-state index is 13.4. The number of hydrogen-bond donors (Lipinski definition) is 1. The van der Waals surface area contributed by atoms with Crippen LogP contribution >= 0.6 is 0 Å². The number of likely N-dealkylation sites (tertiary alicyclic amines) is 1. The fourth-order valence-corrected chi connectivity index (χ4v) is 1.77. The lowest BCUT2D eigenvalue weighted by molar-refractivity contribution is -0.128. The fraction of sp³-hybridized carbons (Fsp3) is 0.364. The molecule has 3 nitrogen and oxygen atoms in total. The maximum Gasteiger partial charge on any atom is 0.222 e. The number of carbonyl (C=O) groups excluding carboxylic acids is 1. The van der Waals surface area contributed by atoms with Gasteiger partial charge in [-0.15, -0.1) is 0 Å². The van der Waals surface area contributed by atoms with Gasteiger partial charge in [-0.05, 0) is 18.6 Å². The van der Waals surface area contributed by atoms with E-state index in [1.165, 1.54) is 6.07 Å². The van der Waals surface area contributed by atoms with Gasteiger partial charge in [-0.2, -0.15) is 0 Å². The number of amides is 1. The molecule has 0 aromatic heterocycles. The number of carbonyl (C=O) groups is 1. The highest BCUT2D eigenvalue weighted by Gasteiger charge is 2.20. The molecule has 4 heteroatoms. The molecule has 80 valence electrons. The van der Waals surface area contributed by atoms with Crippen molar-refractivity contribution in [2.75, 3.05) is 12.3 Å². The lowest BCUT2D eigenvalue weighted by Crippen LogP contribution is -2.24. The molecule has 0 radical (unpaired) electrons. The number of nitrogens with two attached hydrogens (primary N) is 1. The van der Waals surface area contributed by atoms with E-state index in [1.807, 2.05) is 0 Å². The third-order valence-corrected chi connectivity index (χ3v) is 2.61. The van der Waals surface area contributed by atoms with Gasteiger partial charge in [0, 0.05) is 30.8 Å². The summed E-state index contributed by atoms with van der Waals surface area (Å²) in [6.07, 6.45) is 1.45. The maximum atomic E-state index is 13.4. The molecule has 2 N–H and O–H groups in total. The van der Waals surface area contributed by atoms with Gasteiger partial charge in [-0.1, -0.05) is 6.07 Å². The highest BCUT2D eigenvalue weighted by atomic mass is 19.1. The summed E-state index contributed by atoms with van der Waals surface area (Å²) in [5.41, 5.74) is 6.38. The molecule has 0 saturated carbocycles. The van der Waals surface area contributed by atoms with Crippen molar-refractivity contribution in [3.63, 3.8) is 0 Å². The fourth-order valence-electron chi connectivity index (χ4n) is 1.77. The molecule has 2 rings (SSSR count). The second-order valence-electron chi connectivity index (χ2n) is 3.77. The Morgan fingerprint density at radius 3 is 2.87 bits per heavy atom. The number of hydrogen-bond acceptors (Lipinski definition) is 2. The Bertz CT molecular complexity index is 392. The summed E-state index contributed by atoms with van der Waals surface area (Å²) >= 11 is 0. The summed E-state index contributed by atoms with van der Waals surface area (Å²) in [5.74, 6) is -0.235. The lowest BCUT2D eigenvalue weighted by atomic mass is 10.2. The minimum atomic E-state index is -0.338. The minimum Gasteiger partial charge on any atom is -0.399 e. The highest BCUT2D eigenvalue weighted by molar-refractivity contribution is 5.78. The Balaban J connectivity index is 2.13. The van der Waals surface area contributed by atoms with Gasteiger partial charge in [0.1, 0.15) is 5.82 Å². The van der Waals surface area contributed by atoms with Crippen LogP contribution in [0.2, 0.25) is 0 Å². The SMILES string of the molecule is Nc1ccc(CN2CCCC2=O)c(F)c1. The first-order chi connectivity index (χ1) is 7.16. The van der Waals surface area contributed by atoms with Gasteiger partial charge in [0.25, 0.3) is 0 Å². The molecule has 0 bridgehead atoms. The quantitative estimate of drug-likeness (QED) is 0.749. The Morgan fingerprint density at radius 1 is 1.47 bits per heavy atom. The van der Waals surface area contributed by atoms with E-state index < -0.39 is 0 Å². The van der Waals surface area contributed by atoms with E-state index in [0.29, 0.717) is 24.2 Å². The smallest absolute Gasteiger partial charge is 0.222 e. The Kier molecular flexibility index (Phi) is 2.58. The van der Waals surface area contributed by atoms with E-state index in [1.54, 1.807) is 17.0 Å². The van der Waals surface area contributed by atoms with Crippen LogP contribution in [0.4, 0.5) is 10.1 Å². The van der Waals surface area contributed by atoms with Gasteiger partial charge < -0.3 is 10.6 Å². The van der Waals surface area contributed by atoms with Crippen molar-refractivity contribution in [2.45, 2.75) is 19.4 Å². The molecule has 0 atom stereocenters. The van der Waals surface area contributed by atoms with Crippen molar-refractivity contribution in [1.29, 1.82) is 0 Å². The number of anilines is 1. The van der Waals surface area contributed by atoms with Crippen LogP contribution in [0.25, 0.3) is 0 Å². The molecule has 0 aliphatic carbocycles. The summed E-state index contributed by atoms with van der Waals surface area (Å²) in [6, 6.07) is 4.57. The molecule has 1 aromatic rings. The van der Waals surface area contributed by atoms with Crippen molar-refractivity contribution < 1.29 is 9.18 Å².